The molecule has 0 aromatic heterocycles. The lowest BCUT2D eigenvalue weighted by molar-refractivity contribution is -0.121. The monoisotopic (exact) mass is 337 g/mol. The second kappa shape index (κ2) is 7.17. The van der Waals surface area contributed by atoms with E-state index in [0.717, 1.165) is 11.1 Å². The van der Waals surface area contributed by atoms with Gasteiger partial charge in [0.2, 0.25) is 0 Å². The van der Waals surface area contributed by atoms with Gasteiger partial charge in [-0.25, -0.2) is 0 Å². The van der Waals surface area contributed by atoms with Crippen LogP contribution in [-0.4, -0.2) is 24.3 Å². The molecular weight excluding hydrogens is 318 g/mol. The molecular formula is C19H19N3O3. The SMILES string of the molecule is Cc1cc(C)cc(OCC(=O)NC2=NN(c3ccccc3)C(=O)C2)c1. The Bertz CT molecular complexity index is 811. The minimum Gasteiger partial charge on any atom is -0.484 e. The first-order valence-corrected chi connectivity index (χ1v) is 7.98. The molecule has 0 atom stereocenters. The van der Waals surface area contributed by atoms with Crippen molar-refractivity contribution in [3.05, 3.63) is 59.7 Å². The lowest BCUT2D eigenvalue weighted by atomic mass is 10.1. The molecule has 1 aliphatic rings. The van der Waals surface area contributed by atoms with Gasteiger partial charge in [-0.1, -0.05) is 24.3 Å². The number of hydrazone groups is 1. The number of nitrogens with one attached hydrogen (secondary N) is 1. The highest BCUT2D eigenvalue weighted by Gasteiger charge is 2.26. The molecule has 0 spiro atoms. The number of carbonyl (C=O) groups excluding carboxylic acids is 2. The van der Waals surface area contributed by atoms with E-state index in [4.69, 9.17) is 4.74 Å². The van der Waals surface area contributed by atoms with E-state index in [1.807, 2.05) is 50.2 Å². The number of aryl methyl sites for hydroxylation is 2. The van der Waals surface area contributed by atoms with E-state index < -0.39 is 0 Å². The van der Waals surface area contributed by atoms with Gasteiger partial charge in [0.1, 0.15) is 11.6 Å². The summed E-state index contributed by atoms with van der Waals surface area (Å²) in [4.78, 5) is 24.1. The predicted molar refractivity (Wildman–Crippen MR) is 95.5 cm³/mol. The molecule has 2 amide bonds. The number of benzene rings is 2. The number of anilines is 1. The molecule has 1 N–H and O–H groups in total. The van der Waals surface area contributed by atoms with Crippen molar-refractivity contribution >= 4 is 23.3 Å². The molecule has 3 rings (SSSR count). The highest BCUT2D eigenvalue weighted by atomic mass is 16.5. The molecule has 0 bridgehead atoms. The van der Waals surface area contributed by atoms with Gasteiger partial charge in [-0.3, -0.25) is 9.59 Å². The molecule has 2 aromatic rings. The van der Waals surface area contributed by atoms with Gasteiger partial charge in [-0.2, -0.15) is 10.1 Å². The summed E-state index contributed by atoms with van der Waals surface area (Å²) in [5, 5.41) is 8.10. The van der Waals surface area contributed by atoms with E-state index in [-0.39, 0.29) is 24.8 Å². The van der Waals surface area contributed by atoms with Crippen LogP contribution in [0.3, 0.4) is 0 Å². The number of nitrogens with zero attached hydrogens (tertiary/aromatic N) is 2. The summed E-state index contributed by atoms with van der Waals surface area (Å²) in [6.07, 6.45) is 0.0597. The molecule has 0 aliphatic carbocycles. The van der Waals surface area contributed by atoms with Crippen LogP contribution in [0.1, 0.15) is 17.5 Å². The van der Waals surface area contributed by atoms with E-state index in [1.54, 1.807) is 12.1 Å². The normalized spacial score (nSPS) is 13.6. The van der Waals surface area contributed by atoms with Gasteiger partial charge >= 0.3 is 0 Å². The standard InChI is InChI=1S/C19H19N3O3/c1-13-8-14(2)10-16(9-13)25-12-18(23)20-17-11-19(24)22(21-17)15-6-4-3-5-7-15/h3-10H,11-12H2,1-2H3,(H,20,21,23). The fraction of sp³-hybridized carbons (Fsp3) is 0.211. The molecule has 128 valence electrons. The first kappa shape index (κ1) is 16.7. The number of rotatable bonds is 4. The van der Waals surface area contributed by atoms with Gasteiger partial charge in [0.05, 0.1) is 12.1 Å². The summed E-state index contributed by atoms with van der Waals surface area (Å²) in [6, 6.07) is 14.9. The number of amidine groups is 1. The minimum absolute atomic E-state index is 0.0597. The number of amides is 2. The smallest absolute Gasteiger partial charge is 0.263 e. The quantitative estimate of drug-likeness (QED) is 0.932. The number of para-hydroxylation sites is 1. The van der Waals surface area contributed by atoms with Crippen molar-refractivity contribution in [2.45, 2.75) is 20.3 Å². The van der Waals surface area contributed by atoms with E-state index in [9.17, 15) is 9.59 Å². The van der Waals surface area contributed by atoms with Crippen LogP contribution in [0.15, 0.2) is 53.6 Å². The molecule has 6 heteroatoms. The van der Waals surface area contributed by atoms with E-state index >= 15 is 0 Å². The average Bonchev–Trinajstić information content (AvgIpc) is 2.93. The number of hydrogen-bond donors (Lipinski definition) is 1. The third kappa shape index (κ3) is 4.23. The highest BCUT2D eigenvalue weighted by Crippen LogP contribution is 2.19. The van der Waals surface area contributed by atoms with Crippen molar-refractivity contribution < 1.29 is 14.3 Å². The van der Waals surface area contributed by atoms with Crippen molar-refractivity contribution in [3.8, 4) is 5.75 Å². The Labute approximate surface area is 146 Å². The Balaban J connectivity index is 1.59. The van der Waals surface area contributed by atoms with Crippen LogP contribution < -0.4 is 15.1 Å². The molecule has 0 radical (unpaired) electrons. The van der Waals surface area contributed by atoms with Crippen molar-refractivity contribution in [1.29, 1.82) is 0 Å². The maximum absolute atomic E-state index is 12.0. The van der Waals surface area contributed by atoms with E-state index in [2.05, 4.69) is 10.4 Å². The van der Waals surface area contributed by atoms with Gasteiger partial charge in [0.25, 0.3) is 11.8 Å². The Morgan fingerprint density at radius 3 is 2.52 bits per heavy atom. The summed E-state index contributed by atoms with van der Waals surface area (Å²) in [5.41, 5.74) is 2.81. The first-order chi connectivity index (χ1) is 12.0. The van der Waals surface area contributed by atoms with Crippen molar-refractivity contribution in [2.24, 2.45) is 5.10 Å². The zero-order chi connectivity index (χ0) is 17.8. The minimum atomic E-state index is -0.347. The fourth-order valence-electron chi connectivity index (χ4n) is 2.63. The molecule has 0 unspecified atom stereocenters. The molecule has 0 fully saturated rings. The first-order valence-electron chi connectivity index (χ1n) is 7.98. The fourth-order valence-corrected chi connectivity index (χ4v) is 2.63. The van der Waals surface area contributed by atoms with Gasteiger partial charge in [0, 0.05) is 0 Å². The Morgan fingerprint density at radius 1 is 1.16 bits per heavy atom. The number of ether oxygens (including phenoxy) is 1. The second-order valence-electron chi connectivity index (χ2n) is 5.92. The summed E-state index contributed by atoms with van der Waals surface area (Å²) in [6.45, 7) is 3.80. The average molecular weight is 337 g/mol. The molecule has 6 nitrogen and oxygen atoms in total. The highest BCUT2D eigenvalue weighted by molar-refractivity contribution is 6.15. The van der Waals surface area contributed by atoms with Crippen LogP contribution in [0, 0.1) is 13.8 Å². The zero-order valence-corrected chi connectivity index (χ0v) is 14.2. The summed E-state index contributed by atoms with van der Waals surface area (Å²) < 4.78 is 5.51. The summed E-state index contributed by atoms with van der Waals surface area (Å²) in [5.74, 6) is 0.434. The van der Waals surface area contributed by atoms with Crippen molar-refractivity contribution in [2.75, 3.05) is 11.6 Å². The Hall–Kier alpha value is -3.15. The third-order valence-corrected chi connectivity index (χ3v) is 3.63. The Morgan fingerprint density at radius 2 is 1.84 bits per heavy atom. The summed E-state index contributed by atoms with van der Waals surface area (Å²) in [7, 11) is 0. The molecule has 1 heterocycles. The van der Waals surface area contributed by atoms with Crippen molar-refractivity contribution in [3.63, 3.8) is 0 Å². The number of hydrogen-bond acceptors (Lipinski definition) is 4. The van der Waals surface area contributed by atoms with Gasteiger partial charge in [-0.05, 0) is 49.2 Å². The zero-order valence-electron chi connectivity index (χ0n) is 14.2. The molecule has 1 aliphatic heterocycles. The molecule has 25 heavy (non-hydrogen) atoms. The predicted octanol–water partition coefficient (Wildman–Crippen LogP) is 2.55. The van der Waals surface area contributed by atoms with Crippen LogP contribution in [-0.2, 0) is 9.59 Å². The van der Waals surface area contributed by atoms with Gasteiger partial charge in [-0.15, -0.1) is 0 Å². The van der Waals surface area contributed by atoms with Gasteiger partial charge in [0.15, 0.2) is 6.61 Å². The van der Waals surface area contributed by atoms with Crippen molar-refractivity contribution in [1.82, 2.24) is 5.32 Å². The lowest BCUT2D eigenvalue weighted by Gasteiger charge is -2.10. The van der Waals surface area contributed by atoms with Crippen LogP contribution >= 0.6 is 0 Å². The molecule has 0 saturated carbocycles. The maximum atomic E-state index is 12.0. The van der Waals surface area contributed by atoms with E-state index in [0.29, 0.717) is 17.3 Å². The van der Waals surface area contributed by atoms with Crippen LogP contribution in [0.5, 0.6) is 5.75 Å². The summed E-state index contributed by atoms with van der Waals surface area (Å²) >= 11 is 0. The topological polar surface area (TPSA) is 71.0 Å². The van der Waals surface area contributed by atoms with Gasteiger partial charge < -0.3 is 10.1 Å². The lowest BCUT2D eigenvalue weighted by Crippen LogP contribution is -2.33. The van der Waals surface area contributed by atoms with Crippen LogP contribution in [0.25, 0.3) is 0 Å². The van der Waals surface area contributed by atoms with Crippen LogP contribution in [0.2, 0.25) is 0 Å². The number of carbonyl (C=O) groups is 2. The Kier molecular flexibility index (Phi) is 4.79. The van der Waals surface area contributed by atoms with Crippen LogP contribution in [0.4, 0.5) is 5.69 Å². The largest absolute Gasteiger partial charge is 0.484 e. The van der Waals surface area contributed by atoms with E-state index in [1.165, 1.54) is 5.01 Å². The molecule has 2 aromatic carbocycles. The molecule has 0 saturated heterocycles. The maximum Gasteiger partial charge on any atom is 0.263 e. The second-order valence-corrected chi connectivity index (χ2v) is 5.92. The third-order valence-electron chi connectivity index (χ3n) is 3.63.